The highest BCUT2D eigenvalue weighted by molar-refractivity contribution is 7.99. The second kappa shape index (κ2) is 4.76. The van der Waals surface area contributed by atoms with Crippen molar-refractivity contribution in [1.29, 1.82) is 0 Å². The Morgan fingerprint density at radius 3 is 2.63 bits per heavy atom. The molecule has 19 heavy (non-hydrogen) atoms. The van der Waals surface area contributed by atoms with E-state index in [9.17, 15) is 0 Å². The van der Waals surface area contributed by atoms with Gasteiger partial charge in [-0.1, -0.05) is 0 Å². The standard InChI is InChI=1S/C13H14Cl2N2S2/c1-6-7(2)19-12-10(6)11(16-8(3)17-12)18-5-9-4-13(9,14)15/h9H,4-5H2,1-3H3. The number of aryl methyl sites for hydroxylation is 3. The Balaban J connectivity index is 1.93. The van der Waals surface area contributed by atoms with Crippen molar-refractivity contribution in [2.75, 3.05) is 5.75 Å². The van der Waals surface area contributed by atoms with E-state index in [0.29, 0.717) is 5.92 Å². The number of thiophene rings is 1. The highest BCUT2D eigenvalue weighted by Crippen LogP contribution is 2.55. The van der Waals surface area contributed by atoms with Crippen molar-refractivity contribution in [3.63, 3.8) is 0 Å². The summed E-state index contributed by atoms with van der Waals surface area (Å²) < 4.78 is -0.506. The summed E-state index contributed by atoms with van der Waals surface area (Å²) >= 11 is 15.7. The lowest BCUT2D eigenvalue weighted by Gasteiger charge is -2.05. The summed E-state index contributed by atoms with van der Waals surface area (Å²) in [5.41, 5.74) is 1.29. The largest absolute Gasteiger partial charge is 0.226 e. The van der Waals surface area contributed by atoms with Crippen LogP contribution in [0.5, 0.6) is 0 Å². The molecule has 1 fully saturated rings. The van der Waals surface area contributed by atoms with Crippen LogP contribution in [0.25, 0.3) is 10.2 Å². The van der Waals surface area contributed by atoms with Crippen LogP contribution in [-0.4, -0.2) is 20.1 Å². The summed E-state index contributed by atoms with van der Waals surface area (Å²) in [4.78, 5) is 11.5. The van der Waals surface area contributed by atoms with Crippen molar-refractivity contribution in [2.24, 2.45) is 5.92 Å². The van der Waals surface area contributed by atoms with Gasteiger partial charge in [-0.25, -0.2) is 9.97 Å². The van der Waals surface area contributed by atoms with E-state index < -0.39 is 4.33 Å². The molecule has 2 heterocycles. The molecule has 0 aliphatic heterocycles. The van der Waals surface area contributed by atoms with Gasteiger partial charge in [-0.15, -0.1) is 46.3 Å². The number of hydrogen-bond donors (Lipinski definition) is 0. The molecule has 1 unspecified atom stereocenters. The zero-order valence-electron chi connectivity index (χ0n) is 11.0. The van der Waals surface area contributed by atoms with Crippen molar-refractivity contribution in [1.82, 2.24) is 9.97 Å². The Morgan fingerprint density at radius 1 is 1.32 bits per heavy atom. The summed E-state index contributed by atoms with van der Waals surface area (Å²) in [6.07, 6.45) is 0.887. The highest BCUT2D eigenvalue weighted by atomic mass is 35.5. The van der Waals surface area contributed by atoms with E-state index in [1.165, 1.54) is 15.8 Å². The van der Waals surface area contributed by atoms with Gasteiger partial charge in [0.1, 0.15) is 20.0 Å². The van der Waals surface area contributed by atoms with Gasteiger partial charge in [-0.05, 0) is 32.8 Å². The molecular weight excluding hydrogens is 319 g/mol. The van der Waals surface area contributed by atoms with Gasteiger partial charge >= 0.3 is 0 Å². The van der Waals surface area contributed by atoms with Crippen LogP contribution in [0, 0.1) is 26.7 Å². The topological polar surface area (TPSA) is 25.8 Å². The molecule has 0 N–H and O–H groups in total. The molecule has 0 aromatic carbocycles. The lowest BCUT2D eigenvalue weighted by atomic mass is 10.2. The lowest BCUT2D eigenvalue weighted by molar-refractivity contribution is 0.966. The summed E-state index contributed by atoms with van der Waals surface area (Å²) in [7, 11) is 0. The van der Waals surface area contributed by atoms with Crippen LogP contribution >= 0.6 is 46.3 Å². The van der Waals surface area contributed by atoms with Crippen molar-refractivity contribution in [3.05, 3.63) is 16.3 Å². The first-order chi connectivity index (χ1) is 8.88. The Kier molecular flexibility index (Phi) is 3.49. The number of fused-ring (bicyclic) bond motifs is 1. The van der Waals surface area contributed by atoms with E-state index in [2.05, 4.69) is 23.8 Å². The van der Waals surface area contributed by atoms with Crippen molar-refractivity contribution in [2.45, 2.75) is 36.6 Å². The van der Waals surface area contributed by atoms with E-state index in [4.69, 9.17) is 23.2 Å². The number of thioether (sulfide) groups is 1. The number of aromatic nitrogens is 2. The number of halogens is 2. The molecule has 1 aliphatic carbocycles. The Morgan fingerprint density at radius 2 is 2.00 bits per heavy atom. The van der Waals surface area contributed by atoms with E-state index in [-0.39, 0.29) is 0 Å². The summed E-state index contributed by atoms with van der Waals surface area (Å²) in [5, 5.41) is 2.27. The molecule has 3 rings (SSSR count). The second-order valence-corrected chi connectivity index (χ2v) is 8.77. The van der Waals surface area contributed by atoms with Gasteiger partial charge in [0.05, 0.1) is 0 Å². The quantitative estimate of drug-likeness (QED) is 0.454. The van der Waals surface area contributed by atoms with E-state index in [1.807, 2.05) is 6.92 Å². The SMILES string of the molecule is Cc1nc(SCC2CC2(Cl)Cl)c2c(C)c(C)sc2n1. The third kappa shape index (κ3) is 2.60. The van der Waals surface area contributed by atoms with Crippen LogP contribution in [0.15, 0.2) is 5.03 Å². The van der Waals surface area contributed by atoms with Crippen LogP contribution in [0.2, 0.25) is 0 Å². The van der Waals surface area contributed by atoms with Gasteiger partial charge in [0.15, 0.2) is 0 Å². The fourth-order valence-corrected chi connectivity index (χ4v) is 5.25. The van der Waals surface area contributed by atoms with Gasteiger partial charge in [-0.3, -0.25) is 0 Å². The summed E-state index contributed by atoms with van der Waals surface area (Å²) in [6.45, 7) is 6.22. The third-order valence-corrected chi connectivity index (χ3v) is 6.65. The number of alkyl halides is 2. The van der Waals surface area contributed by atoms with Gasteiger partial charge in [-0.2, -0.15) is 0 Å². The zero-order valence-corrected chi connectivity index (χ0v) is 14.1. The predicted octanol–water partition coefficient (Wildman–Crippen LogP) is 4.90. The summed E-state index contributed by atoms with van der Waals surface area (Å²) in [6, 6.07) is 0. The van der Waals surface area contributed by atoms with E-state index in [0.717, 1.165) is 27.9 Å². The maximum atomic E-state index is 6.08. The molecule has 0 spiro atoms. The summed E-state index contributed by atoms with van der Waals surface area (Å²) in [5.74, 6) is 2.13. The van der Waals surface area contributed by atoms with E-state index >= 15 is 0 Å². The van der Waals surface area contributed by atoms with Crippen molar-refractivity contribution in [3.8, 4) is 0 Å². The average Bonchev–Trinajstić information content (AvgIpc) is 2.82. The Hall–Kier alpha value is -0.0300. The number of nitrogens with zero attached hydrogens (tertiary/aromatic N) is 2. The first-order valence-corrected chi connectivity index (χ1v) is 8.69. The molecule has 0 radical (unpaired) electrons. The molecule has 0 saturated heterocycles. The predicted molar refractivity (Wildman–Crippen MR) is 84.9 cm³/mol. The third-order valence-electron chi connectivity index (χ3n) is 3.48. The molecule has 2 aromatic rings. The first-order valence-electron chi connectivity index (χ1n) is 6.13. The van der Waals surface area contributed by atoms with Crippen LogP contribution in [0.3, 0.4) is 0 Å². The van der Waals surface area contributed by atoms with E-state index in [1.54, 1.807) is 23.1 Å². The number of hydrogen-bond acceptors (Lipinski definition) is 4. The van der Waals surface area contributed by atoms with Crippen molar-refractivity contribution >= 4 is 56.5 Å². The molecule has 0 amide bonds. The fourth-order valence-electron chi connectivity index (χ4n) is 2.05. The minimum absolute atomic E-state index is 0.381. The molecule has 102 valence electrons. The first kappa shape index (κ1) is 13.9. The number of rotatable bonds is 3. The molecular formula is C13H14Cl2N2S2. The van der Waals surface area contributed by atoms with Crippen LogP contribution in [0.1, 0.15) is 22.7 Å². The van der Waals surface area contributed by atoms with Crippen molar-refractivity contribution < 1.29 is 0 Å². The van der Waals surface area contributed by atoms with Gasteiger partial charge in [0.25, 0.3) is 0 Å². The minimum Gasteiger partial charge on any atom is -0.226 e. The molecule has 1 aliphatic rings. The normalized spacial score (nSPS) is 21.0. The monoisotopic (exact) mass is 332 g/mol. The van der Waals surface area contributed by atoms with Crippen LogP contribution < -0.4 is 0 Å². The zero-order chi connectivity index (χ0) is 13.8. The Labute approximate surface area is 130 Å². The molecule has 6 heteroatoms. The molecule has 2 aromatic heterocycles. The van der Waals surface area contributed by atoms with Crippen LogP contribution in [-0.2, 0) is 0 Å². The van der Waals surface area contributed by atoms with Gasteiger partial charge in [0.2, 0.25) is 0 Å². The fraction of sp³-hybridized carbons (Fsp3) is 0.538. The van der Waals surface area contributed by atoms with Gasteiger partial charge in [0, 0.05) is 21.9 Å². The highest BCUT2D eigenvalue weighted by Gasteiger charge is 2.51. The Bertz CT molecular complexity index is 652. The molecule has 1 saturated carbocycles. The maximum absolute atomic E-state index is 6.08. The lowest BCUT2D eigenvalue weighted by Crippen LogP contribution is -1.96. The van der Waals surface area contributed by atoms with Gasteiger partial charge < -0.3 is 0 Å². The van der Waals surface area contributed by atoms with Crippen LogP contribution in [0.4, 0.5) is 0 Å². The second-order valence-electron chi connectivity index (χ2n) is 5.01. The molecule has 1 atom stereocenters. The molecule has 2 nitrogen and oxygen atoms in total. The minimum atomic E-state index is -0.506. The molecule has 0 bridgehead atoms. The average molecular weight is 333 g/mol. The smallest absolute Gasteiger partial charge is 0.128 e. The maximum Gasteiger partial charge on any atom is 0.128 e.